The maximum atomic E-state index is 12.4. The van der Waals surface area contributed by atoms with Gasteiger partial charge in [-0.05, 0) is 54.7 Å². The molecule has 0 fully saturated rings. The Bertz CT molecular complexity index is 1680. The maximum Gasteiger partial charge on any atom is 0.298 e. The van der Waals surface area contributed by atoms with Gasteiger partial charge in [0.1, 0.15) is 27.9 Å². The molecule has 48 heavy (non-hydrogen) atoms. The van der Waals surface area contributed by atoms with E-state index in [1.54, 1.807) is 36.4 Å². The number of ketones is 1. The van der Waals surface area contributed by atoms with Crippen LogP contribution in [0.4, 0.5) is 0 Å². The summed E-state index contributed by atoms with van der Waals surface area (Å²) in [5, 5.41) is 19.7. The molecule has 0 heterocycles. The minimum atomic E-state index is -4.17. The first kappa shape index (κ1) is 39.8. The first-order chi connectivity index (χ1) is 22.7. The van der Waals surface area contributed by atoms with Gasteiger partial charge in [-0.3, -0.25) is 9.35 Å². The lowest BCUT2D eigenvalue weighted by Gasteiger charge is -2.20. The summed E-state index contributed by atoms with van der Waals surface area (Å²) in [4.78, 5) is 12.1. The molecule has 0 aliphatic carbocycles. The van der Waals surface area contributed by atoms with Crippen molar-refractivity contribution in [2.45, 2.75) is 83.5 Å². The monoisotopic (exact) mass is 678 g/mol. The highest BCUT2D eigenvalue weighted by Crippen LogP contribution is 2.31. The largest absolute Gasteiger partial charge is 0.508 e. The topological polar surface area (TPSA) is 130 Å². The predicted molar refractivity (Wildman–Crippen MR) is 191 cm³/mol. The zero-order valence-corrected chi connectivity index (χ0v) is 29.7. The molecule has 0 spiro atoms. The first-order valence-corrected chi connectivity index (χ1v) is 17.6. The zero-order valence-electron chi connectivity index (χ0n) is 28.9. The summed E-state index contributed by atoms with van der Waals surface area (Å²) in [7, 11) is -2.83. The third kappa shape index (κ3) is 13.4. The van der Waals surface area contributed by atoms with Crippen LogP contribution in [-0.4, -0.2) is 42.7 Å². The number of carbonyl (C=O) groups is 1. The van der Waals surface area contributed by atoms with Crippen LogP contribution in [0, 0.1) is 6.92 Å². The predicted octanol–water partition coefficient (Wildman–Crippen LogP) is 9.30. The van der Waals surface area contributed by atoms with Gasteiger partial charge >= 0.3 is 0 Å². The van der Waals surface area contributed by atoms with E-state index in [1.165, 1.54) is 62.6 Å². The summed E-state index contributed by atoms with van der Waals surface area (Å²) in [6.45, 7) is 11.2. The van der Waals surface area contributed by atoms with Crippen LogP contribution in [0.5, 0.6) is 23.0 Å². The van der Waals surface area contributed by atoms with Gasteiger partial charge in [0, 0.05) is 11.6 Å². The lowest BCUT2D eigenvalue weighted by Crippen LogP contribution is -2.11. The molecule has 0 aliphatic rings. The van der Waals surface area contributed by atoms with Crippen molar-refractivity contribution in [3.05, 3.63) is 113 Å². The summed E-state index contributed by atoms with van der Waals surface area (Å²) in [6, 6.07) is 25.4. The number of aryl methyl sites for hydroxylation is 1. The molecule has 4 aromatic carbocycles. The van der Waals surface area contributed by atoms with Gasteiger partial charge in [-0.25, -0.2) is 0 Å². The Morgan fingerprint density at radius 1 is 0.771 bits per heavy atom. The number of rotatable bonds is 12. The fourth-order valence-corrected chi connectivity index (χ4v) is 5.35. The van der Waals surface area contributed by atoms with Gasteiger partial charge in [0.05, 0.1) is 19.3 Å². The smallest absolute Gasteiger partial charge is 0.298 e. The van der Waals surface area contributed by atoms with E-state index in [1.807, 2.05) is 37.3 Å². The van der Waals surface area contributed by atoms with Gasteiger partial charge < -0.3 is 19.7 Å². The summed E-state index contributed by atoms with van der Waals surface area (Å²) in [5.41, 5.74) is 3.10. The van der Waals surface area contributed by atoms with Gasteiger partial charge in [-0.1, -0.05) is 120 Å². The number of para-hydroxylation sites is 1. The molecule has 8 nitrogen and oxygen atoms in total. The molecule has 0 aliphatic heterocycles. The van der Waals surface area contributed by atoms with E-state index in [0.717, 1.165) is 18.4 Å². The van der Waals surface area contributed by atoms with Crippen molar-refractivity contribution in [1.29, 1.82) is 0 Å². The molecule has 0 radical (unpaired) electrons. The number of aromatic hydroxyl groups is 2. The molecule has 0 saturated heterocycles. The van der Waals surface area contributed by atoms with E-state index >= 15 is 0 Å². The molecule has 0 unspecified atom stereocenters. The lowest BCUT2D eigenvalue weighted by atomic mass is 9.85. The molecule has 260 valence electrons. The Balaban J connectivity index is 0.000000279. The van der Waals surface area contributed by atoms with Crippen molar-refractivity contribution in [2.24, 2.45) is 0 Å². The van der Waals surface area contributed by atoms with Crippen molar-refractivity contribution >= 4 is 15.9 Å². The number of hydrogen-bond donors (Lipinski definition) is 3. The molecule has 0 bridgehead atoms. The Kier molecular flexibility index (Phi) is 16.2. The van der Waals surface area contributed by atoms with Crippen LogP contribution < -0.4 is 9.47 Å². The third-order valence-electron chi connectivity index (χ3n) is 7.32. The van der Waals surface area contributed by atoms with Gasteiger partial charge in [0.15, 0.2) is 5.78 Å². The molecular formula is C39H50O8S. The standard InChI is InChI=1S/C21H26O3.C11H16O.C7H8O4S/c1-2-3-4-5-6-10-15-24-18-13-14-19(20(22)16-18)21(23)17-11-8-7-9-12-17;1-8-5-6-10(12)9(7-8)11(2,3)4;1-11-6-4-2-3-5-7(6)12(8,9)10/h7-9,11-14,16,22H,2-6,10,15H2,1H3;5-7,12H,1-4H3;2-5H,1H3,(H,8,9,10). The number of ether oxygens (including phenoxy) is 2. The molecule has 4 aromatic rings. The van der Waals surface area contributed by atoms with Crippen LogP contribution in [-0.2, 0) is 15.5 Å². The summed E-state index contributed by atoms with van der Waals surface area (Å²) in [5.74, 6) is 0.915. The summed E-state index contributed by atoms with van der Waals surface area (Å²) >= 11 is 0. The SMILES string of the molecule is CCCCCCCCOc1ccc(C(=O)c2ccccc2)c(O)c1.COc1ccccc1S(=O)(=O)O.Cc1ccc(O)c(C(C)(C)C)c1. The average molecular weight is 679 g/mol. The number of phenolic OH excluding ortho intramolecular Hbond substituents is 2. The van der Waals surface area contributed by atoms with E-state index in [0.29, 0.717) is 29.2 Å². The molecule has 3 N–H and O–H groups in total. The second kappa shape index (κ2) is 19.5. The van der Waals surface area contributed by atoms with Crippen LogP contribution in [0.2, 0.25) is 0 Å². The minimum absolute atomic E-state index is 0.0239. The molecule has 4 rings (SSSR count). The van der Waals surface area contributed by atoms with Gasteiger partial charge in [0.2, 0.25) is 0 Å². The molecule has 0 atom stereocenters. The highest BCUT2D eigenvalue weighted by molar-refractivity contribution is 7.86. The minimum Gasteiger partial charge on any atom is -0.508 e. The van der Waals surface area contributed by atoms with E-state index in [2.05, 4.69) is 27.7 Å². The Morgan fingerprint density at radius 2 is 1.40 bits per heavy atom. The fourth-order valence-electron chi connectivity index (χ4n) is 4.69. The molecular weight excluding hydrogens is 628 g/mol. The van der Waals surface area contributed by atoms with E-state index in [-0.39, 0.29) is 27.6 Å². The second-order valence-corrected chi connectivity index (χ2v) is 13.8. The molecule has 0 aromatic heterocycles. The number of phenols is 2. The maximum absolute atomic E-state index is 12.4. The molecule has 9 heteroatoms. The number of carbonyl (C=O) groups excluding carboxylic acids is 1. The van der Waals surface area contributed by atoms with Crippen LogP contribution >= 0.6 is 0 Å². The number of benzene rings is 4. The van der Waals surface area contributed by atoms with Crippen molar-refractivity contribution in [1.82, 2.24) is 0 Å². The highest BCUT2D eigenvalue weighted by Gasteiger charge is 2.18. The summed E-state index contributed by atoms with van der Waals surface area (Å²) < 4.78 is 40.5. The van der Waals surface area contributed by atoms with Crippen molar-refractivity contribution in [3.63, 3.8) is 0 Å². The summed E-state index contributed by atoms with van der Waals surface area (Å²) in [6.07, 6.45) is 7.25. The Hall–Kier alpha value is -4.34. The lowest BCUT2D eigenvalue weighted by molar-refractivity contribution is 0.103. The van der Waals surface area contributed by atoms with Crippen molar-refractivity contribution < 1.29 is 37.5 Å². The van der Waals surface area contributed by atoms with Gasteiger partial charge in [-0.15, -0.1) is 0 Å². The van der Waals surface area contributed by atoms with E-state index in [9.17, 15) is 23.4 Å². The van der Waals surface area contributed by atoms with E-state index < -0.39 is 10.1 Å². The van der Waals surface area contributed by atoms with Crippen LogP contribution in [0.3, 0.4) is 0 Å². The number of hydrogen-bond acceptors (Lipinski definition) is 7. The number of unbranched alkanes of at least 4 members (excludes halogenated alkanes) is 5. The zero-order chi connectivity index (χ0) is 35.7. The highest BCUT2D eigenvalue weighted by atomic mass is 32.2. The molecule has 0 amide bonds. The van der Waals surface area contributed by atoms with Crippen LogP contribution in [0.1, 0.15) is 93.3 Å². The third-order valence-corrected chi connectivity index (χ3v) is 8.22. The van der Waals surface area contributed by atoms with Gasteiger partial charge in [-0.2, -0.15) is 8.42 Å². The van der Waals surface area contributed by atoms with Crippen molar-refractivity contribution in [3.8, 4) is 23.0 Å². The van der Waals surface area contributed by atoms with Gasteiger partial charge in [0.25, 0.3) is 10.1 Å². The second-order valence-electron chi connectivity index (χ2n) is 12.4. The first-order valence-electron chi connectivity index (χ1n) is 16.1. The Labute approximate surface area is 286 Å². The van der Waals surface area contributed by atoms with Crippen LogP contribution in [0.15, 0.2) is 95.9 Å². The van der Waals surface area contributed by atoms with Crippen molar-refractivity contribution in [2.75, 3.05) is 13.7 Å². The number of methoxy groups -OCH3 is 1. The average Bonchev–Trinajstić information content (AvgIpc) is 3.05. The Morgan fingerprint density at radius 3 is 1.96 bits per heavy atom. The fraction of sp³-hybridized carbons (Fsp3) is 0.359. The van der Waals surface area contributed by atoms with Crippen LogP contribution in [0.25, 0.3) is 0 Å². The molecule has 0 saturated carbocycles. The van der Waals surface area contributed by atoms with E-state index in [4.69, 9.17) is 14.0 Å². The quantitative estimate of drug-likeness (QED) is 0.0768. The normalized spacial score (nSPS) is 11.0.